The zero-order valence-electron chi connectivity index (χ0n) is 15.2. The second-order valence-corrected chi connectivity index (χ2v) is 7.09. The second kappa shape index (κ2) is 8.46. The summed E-state index contributed by atoms with van der Waals surface area (Å²) in [5, 5.41) is 19.7. The highest BCUT2D eigenvalue weighted by molar-refractivity contribution is 5.97. The van der Waals surface area contributed by atoms with Crippen LogP contribution in [-0.4, -0.2) is 46.2 Å². The Morgan fingerprint density at radius 1 is 1.23 bits per heavy atom. The molecule has 1 fully saturated rings. The van der Waals surface area contributed by atoms with Crippen molar-refractivity contribution in [2.45, 2.75) is 63.1 Å². The number of hydrogen-bond acceptors (Lipinski definition) is 7. The zero-order valence-corrected chi connectivity index (χ0v) is 15.2. The van der Waals surface area contributed by atoms with Crippen molar-refractivity contribution in [1.82, 2.24) is 15.3 Å². The minimum absolute atomic E-state index is 0.246. The van der Waals surface area contributed by atoms with Gasteiger partial charge in [-0.25, -0.2) is 4.98 Å². The van der Waals surface area contributed by atoms with Gasteiger partial charge in [0, 0.05) is 30.4 Å². The van der Waals surface area contributed by atoms with Gasteiger partial charge >= 0.3 is 0 Å². The molecule has 0 aromatic carbocycles. The maximum Gasteiger partial charge on any atom is 0.254 e. The third kappa shape index (κ3) is 4.70. The number of nitrogens with two attached hydrogens (primary N) is 1. The summed E-state index contributed by atoms with van der Waals surface area (Å²) in [5.41, 5.74) is 6.55. The molecule has 1 aromatic heterocycles. The first-order chi connectivity index (χ1) is 12.5. The van der Waals surface area contributed by atoms with Gasteiger partial charge in [-0.2, -0.15) is 4.98 Å². The number of anilines is 2. The van der Waals surface area contributed by atoms with Crippen molar-refractivity contribution in [3.05, 3.63) is 23.5 Å². The third-order valence-electron chi connectivity index (χ3n) is 5.15. The van der Waals surface area contributed by atoms with Crippen LogP contribution in [0.25, 0.3) is 0 Å². The highest BCUT2D eigenvalue weighted by atomic mass is 16.3. The van der Waals surface area contributed by atoms with Crippen LogP contribution in [0.15, 0.2) is 18.0 Å². The Bertz CT molecular complexity index is 670. The minimum atomic E-state index is -0.578. The molecule has 1 heterocycles. The second-order valence-electron chi connectivity index (χ2n) is 7.09. The van der Waals surface area contributed by atoms with Crippen molar-refractivity contribution in [3.8, 4) is 0 Å². The van der Waals surface area contributed by atoms with Crippen molar-refractivity contribution in [2.24, 2.45) is 5.73 Å². The molecule has 1 aromatic rings. The van der Waals surface area contributed by atoms with Crippen LogP contribution in [-0.2, 0) is 0 Å². The van der Waals surface area contributed by atoms with E-state index in [0.717, 1.165) is 44.2 Å². The summed E-state index contributed by atoms with van der Waals surface area (Å²) in [6, 6.07) is 0.899. The largest absolute Gasteiger partial charge is 0.393 e. The highest BCUT2D eigenvalue weighted by Gasteiger charge is 2.22. The van der Waals surface area contributed by atoms with E-state index >= 15 is 0 Å². The van der Waals surface area contributed by atoms with E-state index in [1.54, 1.807) is 0 Å². The number of nitrogens with zero attached hydrogens (tertiary/aromatic N) is 2. The minimum Gasteiger partial charge on any atom is -0.393 e. The fraction of sp³-hybridized carbons (Fsp3) is 0.611. The van der Waals surface area contributed by atoms with Crippen LogP contribution >= 0.6 is 0 Å². The Balaban J connectivity index is 1.72. The molecule has 1 amide bonds. The van der Waals surface area contributed by atoms with Gasteiger partial charge in [0.05, 0.1) is 6.10 Å². The summed E-state index contributed by atoms with van der Waals surface area (Å²) in [6.07, 6.45) is 9.48. The molecule has 0 spiro atoms. The third-order valence-corrected chi connectivity index (χ3v) is 5.15. The monoisotopic (exact) mass is 360 g/mol. The molecular weight excluding hydrogens is 332 g/mol. The van der Waals surface area contributed by atoms with Gasteiger partial charge in [0.1, 0.15) is 11.4 Å². The van der Waals surface area contributed by atoms with E-state index in [0.29, 0.717) is 30.3 Å². The standard InChI is InChI=1S/C18H28N6O2/c1-20-11-5-7-12(8-6-11)23-18-21-10-15(16(19)26)17(24-18)22-13-3-2-4-14(25)9-13/h3,10-12,14,20,25H,2,4-9H2,1H3,(H2,19,26)(H2,21,22,23,24)/t11-,12-,14-/m0/s1. The Morgan fingerprint density at radius 3 is 2.62 bits per heavy atom. The maximum atomic E-state index is 11.7. The van der Waals surface area contributed by atoms with Crippen molar-refractivity contribution in [2.75, 3.05) is 17.7 Å². The Morgan fingerprint density at radius 2 is 1.96 bits per heavy atom. The van der Waals surface area contributed by atoms with Gasteiger partial charge in [-0.1, -0.05) is 6.08 Å². The van der Waals surface area contributed by atoms with E-state index in [1.165, 1.54) is 6.20 Å². The molecule has 0 saturated heterocycles. The topological polar surface area (TPSA) is 125 Å². The predicted molar refractivity (Wildman–Crippen MR) is 101 cm³/mol. The number of carbonyl (C=O) groups is 1. The van der Waals surface area contributed by atoms with Gasteiger partial charge in [-0.3, -0.25) is 4.79 Å². The lowest BCUT2D eigenvalue weighted by atomic mass is 9.91. The number of hydrogen-bond donors (Lipinski definition) is 5. The predicted octanol–water partition coefficient (Wildman–Crippen LogP) is 1.36. The number of aliphatic hydroxyl groups excluding tert-OH is 1. The van der Waals surface area contributed by atoms with Gasteiger partial charge in [0.15, 0.2) is 0 Å². The van der Waals surface area contributed by atoms with Gasteiger partial charge in [-0.15, -0.1) is 0 Å². The SMILES string of the molecule is CN[C@H]1CC[C@H](Nc2ncc(C(N)=O)c(NC3=CCC[C@H](O)C3)n2)CC1. The van der Waals surface area contributed by atoms with E-state index < -0.39 is 5.91 Å². The summed E-state index contributed by atoms with van der Waals surface area (Å²) in [4.78, 5) is 20.4. The van der Waals surface area contributed by atoms with Gasteiger partial charge in [0.25, 0.3) is 5.91 Å². The molecule has 0 aliphatic heterocycles. The molecule has 26 heavy (non-hydrogen) atoms. The molecule has 3 rings (SSSR count). The van der Waals surface area contributed by atoms with Gasteiger partial charge in [-0.05, 0) is 45.6 Å². The van der Waals surface area contributed by atoms with Gasteiger partial charge in [0.2, 0.25) is 5.95 Å². The number of carbonyl (C=O) groups excluding carboxylic acids is 1. The lowest BCUT2D eigenvalue weighted by molar-refractivity contribution is 0.100. The van der Waals surface area contributed by atoms with E-state index in [9.17, 15) is 9.90 Å². The van der Waals surface area contributed by atoms with Crippen molar-refractivity contribution >= 4 is 17.7 Å². The normalized spacial score (nSPS) is 26.1. The van der Waals surface area contributed by atoms with Crippen LogP contribution in [0.3, 0.4) is 0 Å². The fourth-order valence-electron chi connectivity index (χ4n) is 3.58. The molecule has 0 radical (unpaired) electrons. The summed E-state index contributed by atoms with van der Waals surface area (Å²) in [6.45, 7) is 0. The molecule has 8 nitrogen and oxygen atoms in total. The number of rotatable bonds is 6. The quantitative estimate of drug-likeness (QED) is 0.518. The molecule has 2 aliphatic rings. The Hall–Kier alpha value is -2.19. The van der Waals surface area contributed by atoms with E-state index in [-0.39, 0.29) is 11.7 Å². The first-order valence-electron chi connectivity index (χ1n) is 9.30. The average Bonchev–Trinajstić information content (AvgIpc) is 2.62. The summed E-state index contributed by atoms with van der Waals surface area (Å²) < 4.78 is 0. The number of allylic oxidation sites excluding steroid dienone is 1. The van der Waals surface area contributed by atoms with Crippen molar-refractivity contribution in [3.63, 3.8) is 0 Å². The van der Waals surface area contributed by atoms with E-state index in [2.05, 4.69) is 25.9 Å². The van der Waals surface area contributed by atoms with Crippen molar-refractivity contribution < 1.29 is 9.90 Å². The van der Waals surface area contributed by atoms with Crippen molar-refractivity contribution in [1.29, 1.82) is 0 Å². The molecule has 1 atom stereocenters. The first kappa shape index (κ1) is 18.6. The molecule has 6 N–H and O–H groups in total. The number of primary amides is 1. The Kier molecular flexibility index (Phi) is 6.05. The zero-order chi connectivity index (χ0) is 18.5. The van der Waals surface area contributed by atoms with Crippen LogP contribution in [0.4, 0.5) is 11.8 Å². The maximum absolute atomic E-state index is 11.7. The van der Waals surface area contributed by atoms with E-state index in [1.807, 2.05) is 13.1 Å². The molecule has 1 saturated carbocycles. The van der Waals surface area contributed by atoms with Crippen LogP contribution in [0.1, 0.15) is 55.3 Å². The summed E-state index contributed by atoms with van der Waals surface area (Å²) in [7, 11) is 2.00. The molecule has 142 valence electrons. The molecule has 8 heteroatoms. The van der Waals surface area contributed by atoms with Gasteiger partial charge < -0.3 is 26.8 Å². The highest BCUT2D eigenvalue weighted by Crippen LogP contribution is 2.24. The molecular formula is C18H28N6O2. The number of amides is 1. The smallest absolute Gasteiger partial charge is 0.254 e. The lowest BCUT2D eigenvalue weighted by Gasteiger charge is -2.29. The van der Waals surface area contributed by atoms with Crippen LogP contribution in [0.5, 0.6) is 0 Å². The number of aliphatic hydroxyl groups is 1. The molecule has 0 unspecified atom stereocenters. The number of aromatic nitrogens is 2. The summed E-state index contributed by atoms with van der Waals surface area (Å²) in [5.74, 6) is 0.298. The molecule has 0 bridgehead atoms. The fourth-order valence-corrected chi connectivity index (χ4v) is 3.58. The van der Waals surface area contributed by atoms with E-state index in [4.69, 9.17) is 5.73 Å². The Labute approximate surface area is 153 Å². The van der Waals surface area contributed by atoms with Crippen LogP contribution in [0, 0.1) is 0 Å². The first-order valence-corrected chi connectivity index (χ1v) is 9.30. The van der Waals surface area contributed by atoms with Crippen LogP contribution < -0.4 is 21.7 Å². The van der Waals surface area contributed by atoms with Crippen LogP contribution in [0.2, 0.25) is 0 Å². The average molecular weight is 360 g/mol. The summed E-state index contributed by atoms with van der Waals surface area (Å²) >= 11 is 0. The number of nitrogens with one attached hydrogen (secondary N) is 3. The molecule has 2 aliphatic carbocycles. The lowest BCUT2D eigenvalue weighted by Crippen LogP contribution is -2.35.